The van der Waals surface area contributed by atoms with Gasteiger partial charge in [0.05, 0.1) is 0 Å². The van der Waals surface area contributed by atoms with Crippen molar-refractivity contribution in [2.75, 3.05) is 63.4 Å². The Morgan fingerprint density at radius 2 is 0.778 bits per heavy atom. The molecule has 3 aromatic rings. The van der Waals surface area contributed by atoms with Gasteiger partial charge in [-0.3, -0.25) is 0 Å². The lowest BCUT2D eigenvalue weighted by atomic mass is 10.0. The zero-order valence-corrected chi connectivity index (χ0v) is 19.7. The van der Waals surface area contributed by atoms with E-state index in [-0.39, 0.29) is 41.7 Å². The van der Waals surface area contributed by atoms with Crippen LogP contribution in [-0.4, -0.2) is 64.0 Å². The highest BCUT2D eigenvalue weighted by atomic mass is 15.2. The number of nitrogen functional groups attached to an aromatic ring is 6. The number of rotatable bonds is 14. The fourth-order valence-corrected chi connectivity index (χ4v) is 3.35. The summed E-state index contributed by atoms with van der Waals surface area (Å²) in [6.07, 6.45) is 5.21. The van der Waals surface area contributed by atoms with Gasteiger partial charge >= 0.3 is 0 Å². The second-order valence-electron chi connectivity index (χ2n) is 7.81. The van der Waals surface area contributed by atoms with Gasteiger partial charge in [0.25, 0.3) is 0 Å². The summed E-state index contributed by atoms with van der Waals surface area (Å²) >= 11 is 0. The van der Waals surface area contributed by atoms with Crippen LogP contribution in [0.5, 0.6) is 0 Å². The van der Waals surface area contributed by atoms with Crippen LogP contribution < -0.4 is 50.4 Å². The second kappa shape index (κ2) is 12.6. The van der Waals surface area contributed by atoms with Gasteiger partial charge in [-0.25, -0.2) is 0 Å². The number of anilines is 9. The highest BCUT2D eigenvalue weighted by Crippen LogP contribution is 2.15. The molecule has 0 spiro atoms. The zero-order valence-electron chi connectivity index (χ0n) is 19.7. The molecule has 0 atom stereocenters. The van der Waals surface area contributed by atoms with Gasteiger partial charge in [-0.05, 0) is 38.5 Å². The Morgan fingerprint density at radius 3 is 1.14 bits per heavy atom. The first kappa shape index (κ1) is 25.8. The molecular formula is C18H32N18. The Bertz CT molecular complexity index is 1000. The highest BCUT2D eigenvalue weighted by molar-refractivity contribution is 5.39. The maximum Gasteiger partial charge on any atom is 0.229 e. The van der Waals surface area contributed by atoms with Crippen LogP contribution >= 0.6 is 0 Å². The molecule has 3 heterocycles. The fraction of sp³-hybridized carbons (Fsp3) is 0.500. The van der Waals surface area contributed by atoms with Gasteiger partial charge in [-0.1, -0.05) is 0 Å². The minimum atomic E-state index is 0.0592. The number of nitrogens with two attached hydrogens (primary N) is 6. The summed E-state index contributed by atoms with van der Waals surface area (Å²) in [6, 6.07) is 0.0816. The molecule has 0 unspecified atom stereocenters. The van der Waals surface area contributed by atoms with Crippen molar-refractivity contribution in [2.45, 2.75) is 44.6 Å². The molecule has 0 amide bonds. The van der Waals surface area contributed by atoms with Crippen LogP contribution in [0.25, 0.3) is 0 Å². The van der Waals surface area contributed by atoms with Crippen LogP contribution in [0.2, 0.25) is 0 Å². The molecule has 3 rings (SSSR count). The third-order valence-corrected chi connectivity index (χ3v) is 4.87. The average Bonchev–Trinajstić information content (AvgIpc) is 2.76. The Labute approximate surface area is 206 Å². The van der Waals surface area contributed by atoms with Crippen molar-refractivity contribution in [3.63, 3.8) is 0 Å². The van der Waals surface area contributed by atoms with E-state index in [1.54, 1.807) is 0 Å². The quantitative estimate of drug-likeness (QED) is 0.121. The molecular weight excluding hydrogens is 468 g/mol. The smallest absolute Gasteiger partial charge is 0.229 e. The van der Waals surface area contributed by atoms with Crippen LogP contribution in [0.3, 0.4) is 0 Å². The summed E-state index contributed by atoms with van der Waals surface area (Å²) in [4.78, 5) is 35.6. The summed E-state index contributed by atoms with van der Waals surface area (Å²) < 4.78 is 0. The van der Waals surface area contributed by atoms with Gasteiger partial charge < -0.3 is 50.4 Å². The molecule has 0 fully saturated rings. The van der Waals surface area contributed by atoms with Crippen LogP contribution in [-0.2, 0) is 0 Å². The molecule has 0 aromatic carbocycles. The average molecular weight is 501 g/mol. The summed E-state index contributed by atoms with van der Waals surface area (Å²) in [6.45, 7) is 1.28. The molecule has 0 saturated carbocycles. The number of nitrogens with zero attached hydrogens (tertiary/aromatic N) is 9. The first-order chi connectivity index (χ1) is 17.3. The second-order valence-corrected chi connectivity index (χ2v) is 7.81. The summed E-state index contributed by atoms with van der Waals surface area (Å²) in [5, 5.41) is 9.51. The molecule has 0 radical (unpaired) electrons. The lowest BCUT2D eigenvalue weighted by molar-refractivity contribution is 0.536. The molecule has 0 aliphatic carbocycles. The maximum absolute atomic E-state index is 5.70. The monoisotopic (exact) mass is 500 g/mol. The summed E-state index contributed by atoms with van der Waals surface area (Å²) in [7, 11) is 0. The molecule has 0 aliphatic heterocycles. The molecule has 15 N–H and O–H groups in total. The normalized spacial score (nSPS) is 10.9. The first-order valence-corrected chi connectivity index (χ1v) is 11.3. The summed E-state index contributed by atoms with van der Waals surface area (Å²) in [5.74, 6) is 1.44. The standard InChI is InChI=1S/C18H32N18/c19-10-28-11(20)32-16(31-10)25-7-3-1-5-9(27-18-35-14(23)30-15(24)36-18)6-2-4-8-26-17-33-12(21)29-13(22)34-17/h9H,1-8H2,(H5,19,20,25,28,31,32)(H5,21,22,26,29,33,34)(H5,23,24,27,30,35,36). The highest BCUT2D eigenvalue weighted by Gasteiger charge is 2.12. The lowest BCUT2D eigenvalue weighted by Gasteiger charge is -2.19. The van der Waals surface area contributed by atoms with Gasteiger partial charge in [-0.2, -0.15) is 44.9 Å². The van der Waals surface area contributed by atoms with Crippen molar-refractivity contribution in [3.8, 4) is 0 Å². The predicted molar refractivity (Wildman–Crippen MR) is 138 cm³/mol. The Hall–Kier alpha value is -4.77. The van der Waals surface area contributed by atoms with Crippen LogP contribution in [0.1, 0.15) is 38.5 Å². The van der Waals surface area contributed by atoms with E-state index in [0.29, 0.717) is 30.9 Å². The van der Waals surface area contributed by atoms with Gasteiger partial charge in [0.15, 0.2) is 0 Å². The molecule has 0 bridgehead atoms. The number of hydrogen-bond donors (Lipinski definition) is 9. The molecule has 18 nitrogen and oxygen atoms in total. The molecule has 194 valence electrons. The number of hydrogen-bond acceptors (Lipinski definition) is 18. The van der Waals surface area contributed by atoms with Crippen LogP contribution in [0, 0.1) is 0 Å². The van der Waals surface area contributed by atoms with Crippen molar-refractivity contribution in [1.29, 1.82) is 0 Å². The Kier molecular flexibility index (Phi) is 9.06. The molecule has 0 saturated heterocycles. The molecule has 0 aliphatic rings. The minimum absolute atomic E-state index is 0.0592. The predicted octanol–water partition coefficient (Wildman–Crippen LogP) is -0.920. The van der Waals surface area contributed by atoms with E-state index in [4.69, 9.17) is 34.4 Å². The van der Waals surface area contributed by atoms with Gasteiger partial charge in [-0.15, -0.1) is 0 Å². The zero-order chi connectivity index (χ0) is 25.9. The van der Waals surface area contributed by atoms with Crippen molar-refractivity contribution in [1.82, 2.24) is 44.9 Å². The van der Waals surface area contributed by atoms with Crippen LogP contribution in [0.15, 0.2) is 0 Å². The van der Waals surface area contributed by atoms with E-state index in [0.717, 1.165) is 38.5 Å². The molecule has 36 heavy (non-hydrogen) atoms. The number of unbranched alkanes of at least 4 members (excludes halogenated alkanes) is 2. The third kappa shape index (κ3) is 8.88. The van der Waals surface area contributed by atoms with Crippen molar-refractivity contribution in [2.24, 2.45) is 0 Å². The van der Waals surface area contributed by atoms with Crippen molar-refractivity contribution in [3.05, 3.63) is 0 Å². The van der Waals surface area contributed by atoms with Gasteiger partial charge in [0.1, 0.15) is 0 Å². The van der Waals surface area contributed by atoms with E-state index < -0.39 is 0 Å². The van der Waals surface area contributed by atoms with E-state index in [9.17, 15) is 0 Å². The largest absolute Gasteiger partial charge is 0.368 e. The van der Waals surface area contributed by atoms with Crippen LogP contribution in [0.4, 0.5) is 53.5 Å². The van der Waals surface area contributed by atoms with Crippen molar-refractivity contribution < 1.29 is 0 Å². The third-order valence-electron chi connectivity index (χ3n) is 4.87. The van der Waals surface area contributed by atoms with E-state index in [2.05, 4.69) is 60.8 Å². The minimum Gasteiger partial charge on any atom is -0.368 e. The topological polar surface area (TPSA) is 308 Å². The van der Waals surface area contributed by atoms with E-state index in [1.165, 1.54) is 0 Å². The van der Waals surface area contributed by atoms with E-state index in [1.807, 2.05) is 0 Å². The fourth-order valence-electron chi connectivity index (χ4n) is 3.35. The number of nitrogens with one attached hydrogen (secondary N) is 3. The SMILES string of the molecule is Nc1nc(N)nc(NCCCCC(CCCCNc2nc(N)nc(N)n2)Nc2nc(N)nc(N)n2)n1. The Balaban J connectivity index is 1.46. The molecule has 3 aromatic heterocycles. The van der Waals surface area contributed by atoms with E-state index >= 15 is 0 Å². The molecule has 18 heteroatoms. The van der Waals surface area contributed by atoms with Gasteiger partial charge in [0, 0.05) is 19.1 Å². The van der Waals surface area contributed by atoms with Crippen molar-refractivity contribution >= 4 is 53.5 Å². The number of aromatic nitrogens is 9. The Morgan fingerprint density at radius 1 is 0.444 bits per heavy atom. The lowest BCUT2D eigenvalue weighted by Crippen LogP contribution is -2.23. The first-order valence-electron chi connectivity index (χ1n) is 11.3. The maximum atomic E-state index is 5.70. The summed E-state index contributed by atoms with van der Waals surface area (Å²) in [5.41, 5.74) is 33.8. The van der Waals surface area contributed by atoms with Gasteiger partial charge in [0.2, 0.25) is 53.5 Å².